The number of aromatic nitrogens is 1. The quantitative estimate of drug-likeness (QED) is 0.861. The lowest BCUT2D eigenvalue weighted by molar-refractivity contribution is 0.443. The summed E-state index contributed by atoms with van der Waals surface area (Å²) in [6, 6.07) is 12.4. The number of anilines is 1. The van der Waals surface area contributed by atoms with Crippen LogP contribution in [0, 0.1) is 5.41 Å². The fourth-order valence-corrected chi connectivity index (χ4v) is 2.35. The molecule has 0 fully saturated rings. The average Bonchev–Trinajstić information content (AvgIpc) is 2.38. The molecule has 0 amide bonds. The van der Waals surface area contributed by atoms with E-state index in [9.17, 15) is 0 Å². The fourth-order valence-electron chi connectivity index (χ4n) is 1.94. The Balaban J connectivity index is 2.20. The van der Waals surface area contributed by atoms with Gasteiger partial charge < -0.3 is 5.32 Å². The number of hydrogen-bond acceptors (Lipinski definition) is 2. The summed E-state index contributed by atoms with van der Waals surface area (Å²) in [7, 11) is 0. The number of benzene rings is 1. The number of hydrogen-bond donors (Lipinski definition) is 1. The molecule has 1 N–H and O–H groups in total. The second-order valence-corrected chi connectivity index (χ2v) is 7.13. The van der Waals surface area contributed by atoms with Gasteiger partial charge in [-0.3, -0.25) is 4.98 Å². The molecular weight excluding hydrogens is 312 g/mol. The van der Waals surface area contributed by atoms with Gasteiger partial charge in [-0.1, -0.05) is 42.8 Å². The van der Waals surface area contributed by atoms with E-state index in [0.717, 1.165) is 23.1 Å². The predicted molar refractivity (Wildman–Crippen MR) is 89.1 cm³/mol. The van der Waals surface area contributed by atoms with E-state index in [-0.39, 0.29) is 5.41 Å². The lowest BCUT2D eigenvalue weighted by atomic mass is 9.96. The van der Waals surface area contributed by atoms with Crippen LogP contribution in [0.3, 0.4) is 0 Å². The van der Waals surface area contributed by atoms with Crippen LogP contribution in [0.4, 0.5) is 5.69 Å². The summed E-state index contributed by atoms with van der Waals surface area (Å²) in [5.74, 6) is 0. The second kappa shape index (κ2) is 6.40. The van der Waals surface area contributed by atoms with Gasteiger partial charge in [-0.25, -0.2) is 0 Å². The van der Waals surface area contributed by atoms with Crippen LogP contribution in [0.5, 0.6) is 0 Å². The highest BCUT2D eigenvalue weighted by atomic mass is 79.9. The zero-order valence-corrected chi connectivity index (χ0v) is 13.9. The van der Waals surface area contributed by atoms with E-state index in [1.807, 2.05) is 18.3 Å². The number of pyridine rings is 1. The first-order chi connectivity index (χ1) is 9.44. The van der Waals surface area contributed by atoms with E-state index in [4.69, 9.17) is 0 Å². The molecule has 0 radical (unpaired) electrons. The third-order valence-corrected chi connectivity index (χ3v) is 3.47. The van der Waals surface area contributed by atoms with Gasteiger partial charge in [-0.2, -0.15) is 0 Å². The van der Waals surface area contributed by atoms with E-state index in [0.29, 0.717) is 0 Å². The third-order valence-electron chi connectivity index (χ3n) is 2.97. The van der Waals surface area contributed by atoms with Crippen LogP contribution in [0.1, 0.15) is 32.0 Å². The molecule has 0 saturated heterocycles. The van der Waals surface area contributed by atoms with Crippen LogP contribution in [-0.4, -0.2) is 11.5 Å². The Kier molecular flexibility index (Phi) is 4.81. The topological polar surface area (TPSA) is 24.9 Å². The molecule has 0 spiro atoms. The first kappa shape index (κ1) is 15.0. The Hall–Kier alpha value is -1.35. The number of halogens is 1. The summed E-state index contributed by atoms with van der Waals surface area (Å²) in [6.07, 6.45) is 2.68. The Morgan fingerprint density at radius 3 is 2.60 bits per heavy atom. The van der Waals surface area contributed by atoms with Gasteiger partial charge in [0.2, 0.25) is 0 Å². The summed E-state index contributed by atoms with van der Waals surface area (Å²) in [5.41, 5.74) is 3.80. The molecule has 1 aromatic carbocycles. The molecule has 106 valence electrons. The minimum atomic E-state index is 0.259. The Labute approximate surface area is 129 Å². The first-order valence-electron chi connectivity index (χ1n) is 6.86. The summed E-state index contributed by atoms with van der Waals surface area (Å²) >= 11 is 3.55. The molecule has 2 rings (SSSR count). The maximum absolute atomic E-state index is 4.41. The van der Waals surface area contributed by atoms with Crippen molar-refractivity contribution in [2.45, 2.75) is 27.2 Å². The van der Waals surface area contributed by atoms with Crippen LogP contribution < -0.4 is 5.32 Å². The van der Waals surface area contributed by atoms with Gasteiger partial charge >= 0.3 is 0 Å². The zero-order chi connectivity index (χ0) is 14.6. The van der Waals surface area contributed by atoms with E-state index in [2.05, 4.69) is 71.3 Å². The molecule has 0 aliphatic heterocycles. The molecule has 1 aromatic heterocycles. The number of nitrogens with zero attached hydrogens (tertiary/aromatic N) is 1. The summed E-state index contributed by atoms with van der Waals surface area (Å²) in [6.45, 7) is 7.65. The van der Waals surface area contributed by atoms with Gasteiger partial charge in [0.25, 0.3) is 0 Å². The van der Waals surface area contributed by atoms with Crippen LogP contribution in [0.15, 0.2) is 47.1 Å². The number of rotatable bonds is 4. The molecule has 0 aliphatic rings. The van der Waals surface area contributed by atoms with E-state index < -0.39 is 0 Å². The summed E-state index contributed by atoms with van der Waals surface area (Å²) in [5, 5.41) is 3.55. The van der Waals surface area contributed by atoms with Crippen LogP contribution in [-0.2, 0) is 6.42 Å². The van der Waals surface area contributed by atoms with Crippen LogP contribution >= 0.6 is 15.9 Å². The zero-order valence-electron chi connectivity index (χ0n) is 12.3. The highest BCUT2D eigenvalue weighted by Crippen LogP contribution is 2.25. The third kappa shape index (κ3) is 4.64. The molecular formula is C17H21BrN2. The molecule has 0 saturated carbocycles. The molecule has 0 unspecified atom stereocenters. The van der Waals surface area contributed by atoms with E-state index in [1.54, 1.807) is 0 Å². The van der Waals surface area contributed by atoms with Crippen LogP contribution in [0.2, 0.25) is 0 Å². The van der Waals surface area contributed by atoms with Crippen molar-refractivity contribution in [2.24, 2.45) is 5.41 Å². The van der Waals surface area contributed by atoms with Crippen LogP contribution in [0.25, 0.3) is 0 Å². The fraction of sp³-hybridized carbons (Fsp3) is 0.353. The molecule has 0 aliphatic carbocycles. The van der Waals surface area contributed by atoms with Crippen molar-refractivity contribution in [1.29, 1.82) is 0 Å². The summed E-state index contributed by atoms with van der Waals surface area (Å²) in [4.78, 5) is 4.41. The molecule has 2 aromatic rings. The van der Waals surface area contributed by atoms with Crippen molar-refractivity contribution in [2.75, 3.05) is 11.9 Å². The van der Waals surface area contributed by atoms with Crippen molar-refractivity contribution < 1.29 is 0 Å². The van der Waals surface area contributed by atoms with Crippen molar-refractivity contribution >= 4 is 21.6 Å². The highest BCUT2D eigenvalue weighted by molar-refractivity contribution is 9.10. The summed E-state index contributed by atoms with van der Waals surface area (Å²) < 4.78 is 1.10. The van der Waals surface area contributed by atoms with Gasteiger partial charge in [0.1, 0.15) is 0 Å². The standard InChI is InChI=1S/C17H21BrN2/c1-17(2,3)12-20-16-8-7-14(18)10-13(16)11-15-6-4-5-9-19-15/h4-10,20H,11-12H2,1-3H3. The Morgan fingerprint density at radius 2 is 1.95 bits per heavy atom. The van der Waals surface area contributed by atoms with Crippen molar-refractivity contribution in [3.8, 4) is 0 Å². The molecule has 1 heterocycles. The van der Waals surface area contributed by atoms with Crippen molar-refractivity contribution in [3.63, 3.8) is 0 Å². The lowest BCUT2D eigenvalue weighted by Gasteiger charge is -2.21. The minimum Gasteiger partial charge on any atom is -0.384 e. The smallest absolute Gasteiger partial charge is 0.0448 e. The molecule has 2 nitrogen and oxygen atoms in total. The first-order valence-corrected chi connectivity index (χ1v) is 7.65. The van der Waals surface area contributed by atoms with Gasteiger partial charge in [0.05, 0.1) is 0 Å². The van der Waals surface area contributed by atoms with Crippen molar-refractivity contribution in [3.05, 3.63) is 58.3 Å². The lowest BCUT2D eigenvalue weighted by Crippen LogP contribution is -2.19. The molecule has 20 heavy (non-hydrogen) atoms. The normalized spacial score (nSPS) is 11.4. The van der Waals surface area contributed by atoms with Crippen molar-refractivity contribution in [1.82, 2.24) is 4.98 Å². The predicted octanol–water partition coefficient (Wildman–Crippen LogP) is 4.89. The van der Waals surface area contributed by atoms with Gasteiger partial charge in [0, 0.05) is 35.0 Å². The van der Waals surface area contributed by atoms with Gasteiger partial charge in [0.15, 0.2) is 0 Å². The van der Waals surface area contributed by atoms with Gasteiger partial charge in [-0.05, 0) is 41.3 Å². The average molecular weight is 333 g/mol. The Morgan fingerprint density at radius 1 is 1.15 bits per heavy atom. The SMILES string of the molecule is CC(C)(C)CNc1ccc(Br)cc1Cc1ccccn1. The van der Waals surface area contributed by atoms with Gasteiger partial charge in [-0.15, -0.1) is 0 Å². The Bertz CT molecular complexity index is 559. The highest BCUT2D eigenvalue weighted by Gasteiger charge is 2.11. The molecule has 3 heteroatoms. The minimum absolute atomic E-state index is 0.259. The monoisotopic (exact) mass is 332 g/mol. The molecule has 0 atom stereocenters. The largest absolute Gasteiger partial charge is 0.384 e. The molecule has 0 bridgehead atoms. The maximum atomic E-state index is 4.41. The second-order valence-electron chi connectivity index (χ2n) is 6.21. The van der Waals surface area contributed by atoms with E-state index in [1.165, 1.54) is 11.3 Å². The number of nitrogens with one attached hydrogen (secondary N) is 1. The van der Waals surface area contributed by atoms with E-state index >= 15 is 0 Å². The maximum Gasteiger partial charge on any atom is 0.0448 e.